The molecule has 0 spiro atoms. The van der Waals surface area contributed by atoms with Crippen LogP contribution in [-0.4, -0.2) is 51.0 Å². The molecular weight excluding hydrogens is 470 g/mol. The number of nitrogens with zero attached hydrogens (tertiary/aromatic N) is 1. The highest BCUT2D eigenvalue weighted by Gasteiger charge is 2.68. The number of rotatable bonds is 6. The second-order valence-corrected chi connectivity index (χ2v) is 12.2. The molecule has 0 saturated heterocycles. The van der Waals surface area contributed by atoms with Crippen LogP contribution in [0.15, 0.2) is 29.8 Å². The molecule has 7 atom stereocenters. The Kier molecular flexibility index (Phi) is 6.68. The van der Waals surface area contributed by atoms with E-state index in [1.165, 1.54) is 0 Å². The summed E-state index contributed by atoms with van der Waals surface area (Å²) in [5.41, 5.74) is -0.0360. The fourth-order valence-electron chi connectivity index (χ4n) is 8.44. The second-order valence-electron chi connectivity index (χ2n) is 12.2. The van der Waals surface area contributed by atoms with E-state index >= 15 is 0 Å². The maximum absolute atomic E-state index is 13.4. The molecule has 7 nitrogen and oxygen atoms in total. The van der Waals surface area contributed by atoms with E-state index in [4.69, 9.17) is 4.74 Å². The van der Waals surface area contributed by atoms with Crippen molar-refractivity contribution in [3.63, 3.8) is 0 Å². The predicted octanol–water partition coefficient (Wildman–Crippen LogP) is 3.53. The van der Waals surface area contributed by atoms with E-state index in [-0.39, 0.29) is 35.4 Å². The minimum Gasteiger partial charge on any atom is -0.457 e. The standard InChI is InChI=1S/C30H39NO6/c1-4-19-6-5-7-20(31-19)15-26(35)37-17-25(34)30(36)13-11-23-22-9-8-18-14-21(32)10-12-28(18,2)27(22)24(33)16-29(23,30)3/h5-7,14,22-24,27,33,36H,4,8-13,15-17H2,1-3H3/t22?,23?,24-,27?,28-,29-,30-/m0/s1. The van der Waals surface area contributed by atoms with Crippen molar-refractivity contribution in [3.05, 3.63) is 41.2 Å². The SMILES string of the molecule is CCc1cccc(CC(=O)OCC(=O)[C@@]2(O)CCC3C4CCC5=CC(=O)CC[C@]5(C)C4[C@@H](O)C[C@@]32C)n1. The Hall–Kier alpha value is -2.38. The average molecular weight is 510 g/mol. The lowest BCUT2D eigenvalue weighted by molar-refractivity contribution is -0.184. The van der Waals surface area contributed by atoms with Gasteiger partial charge in [0.05, 0.1) is 18.2 Å². The predicted molar refractivity (Wildman–Crippen MR) is 136 cm³/mol. The summed E-state index contributed by atoms with van der Waals surface area (Å²) in [5, 5.41) is 23.3. The molecule has 0 aliphatic heterocycles. The fraction of sp³-hybridized carbons (Fsp3) is 0.667. The third-order valence-corrected chi connectivity index (χ3v) is 10.4. The van der Waals surface area contributed by atoms with Gasteiger partial charge in [0.25, 0.3) is 0 Å². The summed E-state index contributed by atoms with van der Waals surface area (Å²) in [4.78, 5) is 42.4. The third-order valence-electron chi connectivity index (χ3n) is 10.4. The van der Waals surface area contributed by atoms with Crippen LogP contribution in [0.4, 0.5) is 0 Å². The molecule has 4 aliphatic rings. The number of aryl methyl sites for hydroxylation is 1. The van der Waals surface area contributed by atoms with E-state index in [1.807, 2.05) is 26.0 Å². The van der Waals surface area contributed by atoms with Crippen LogP contribution >= 0.6 is 0 Å². The van der Waals surface area contributed by atoms with Gasteiger partial charge in [-0.2, -0.15) is 0 Å². The Morgan fingerprint density at radius 2 is 1.89 bits per heavy atom. The molecule has 0 bridgehead atoms. The number of esters is 1. The highest BCUT2D eigenvalue weighted by molar-refractivity contribution is 5.92. The first-order valence-corrected chi connectivity index (χ1v) is 13.8. The van der Waals surface area contributed by atoms with Crippen molar-refractivity contribution in [2.24, 2.45) is 28.6 Å². The van der Waals surface area contributed by atoms with Gasteiger partial charge < -0.3 is 14.9 Å². The van der Waals surface area contributed by atoms with Crippen LogP contribution in [0.3, 0.4) is 0 Å². The van der Waals surface area contributed by atoms with Crippen LogP contribution in [0.25, 0.3) is 0 Å². The summed E-state index contributed by atoms with van der Waals surface area (Å²) in [6.07, 6.45) is 6.09. The largest absolute Gasteiger partial charge is 0.457 e. The molecular formula is C30H39NO6. The Balaban J connectivity index is 1.30. The summed E-state index contributed by atoms with van der Waals surface area (Å²) in [5.74, 6) is -0.594. The Bertz CT molecular complexity index is 1140. The van der Waals surface area contributed by atoms with Gasteiger partial charge in [-0.1, -0.05) is 32.4 Å². The molecule has 0 aromatic carbocycles. The van der Waals surface area contributed by atoms with Crippen molar-refractivity contribution in [2.45, 2.75) is 90.3 Å². The lowest BCUT2D eigenvalue weighted by Crippen LogP contribution is -2.62. The number of hydrogen-bond donors (Lipinski definition) is 2. The number of carbonyl (C=O) groups excluding carboxylic acids is 3. The number of carbonyl (C=O) groups is 3. The maximum Gasteiger partial charge on any atom is 0.312 e. The zero-order valence-electron chi connectivity index (χ0n) is 22.2. The zero-order valence-corrected chi connectivity index (χ0v) is 22.2. The van der Waals surface area contributed by atoms with Crippen molar-refractivity contribution in [1.29, 1.82) is 0 Å². The monoisotopic (exact) mass is 509 g/mol. The van der Waals surface area contributed by atoms with Gasteiger partial charge >= 0.3 is 5.97 Å². The topological polar surface area (TPSA) is 114 Å². The summed E-state index contributed by atoms with van der Waals surface area (Å²) >= 11 is 0. The number of aliphatic hydroxyl groups is 2. The molecule has 3 saturated carbocycles. The average Bonchev–Trinajstić information content (AvgIpc) is 3.13. The number of aliphatic hydroxyl groups excluding tert-OH is 1. The quantitative estimate of drug-likeness (QED) is 0.564. The van der Waals surface area contributed by atoms with Crippen molar-refractivity contribution >= 4 is 17.5 Å². The molecule has 0 radical (unpaired) electrons. The van der Waals surface area contributed by atoms with Crippen LogP contribution in [0.2, 0.25) is 0 Å². The lowest BCUT2D eigenvalue weighted by atomic mass is 9.45. The summed E-state index contributed by atoms with van der Waals surface area (Å²) in [7, 11) is 0. The molecule has 1 aromatic rings. The minimum absolute atomic E-state index is 0.0142. The molecule has 0 amide bonds. The van der Waals surface area contributed by atoms with Crippen LogP contribution in [-0.2, 0) is 32.0 Å². The molecule has 2 N–H and O–H groups in total. The van der Waals surface area contributed by atoms with E-state index in [2.05, 4.69) is 11.9 Å². The highest BCUT2D eigenvalue weighted by atomic mass is 16.5. The van der Waals surface area contributed by atoms with Crippen molar-refractivity contribution in [2.75, 3.05) is 6.61 Å². The minimum atomic E-state index is -1.65. The molecule has 3 unspecified atom stereocenters. The van der Waals surface area contributed by atoms with Crippen LogP contribution in [0, 0.1) is 28.6 Å². The van der Waals surface area contributed by atoms with Gasteiger partial charge in [0, 0.05) is 17.5 Å². The van der Waals surface area contributed by atoms with Crippen LogP contribution in [0.5, 0.6) is 0 Å². The number of aromatic nitrogens is 1. The second kappa shape index (κ2) is 9.42. The van der Waals surface area contributed by atoms with Gasteiger partial charge in [-0.3, -0.25) is 19.4 Å². The molecule has 200 valence electrons. The van der Waals surface area contributed by atoms with Crippen LogP contribution in [0.1, 0.15) is 77.1 Å². The molecule has 1 aromatic heterocycles. The van der Waals surface area contributed by atoms with Gasteiger partial charge in [0.1, 0.15) is 5.60 Å². The number of Topliss-reactive ketones (excluding diaryl/α,β-unsaturated/α-hetero) is 1. The number of ketones is 2. The normalized spacial score (nSPS) is 38.7. The number of ether oxygens (including phenoxy) is 1. The highest BCUT2D eigenvalue weighted by Crippen LogP contribution is 2.67. The first-order valence-electron chi connectivity index (χ1n) is 13.8. The summed E-state index contributed by atoms with van der Waals surface area (Å²) in [6.45, 7) is 5.62. The van der Waals surface area contributed by atoms with Gasteiger partial charge in [-0.05, 0) is 86.3 Å². The van der Waals surface area contributed by atoms with Gasteiger partial charge in [0.2, 0.25) is 5.78 Å². The number of allylic oxidation sites excluding steroid dienone is 1. The number of pyridine rings is 1. The first kappa shape index (κ1) is 26.2. The first-order chi connectivity index (χ1) is 17.5. The molecule has 7 heteroatoms. The summed E-state index contributed by atoms with van der Waals surface area (Å²) in [6, 6.07) is 5.50. The van der Waals surface area contributed by atoms with E-state index < -0.39 is 35.5 Å². The van der Waals surface area contributed by atoms with Crippen molar-refractivity contribution < 1.29 is 29.3 Å². The van der Waals surface area contributed by atoms with E-state index in [0.717, 1.165) is 37.0 Å². The molecule has 3 fully saturated rings. The number of hydrogen-bond acceptors (Lipinski definition) is 7. The maximum atomic E-state index is 13.4. The van der Waals surface area contributed by atoms with E-state index in [9.17, 15) is 24.6 Å². The van der Waals surface area contributed by atoms with E-state index in [0.29, 0.717) is 31.4 Å². The molecule has 37 heavy (non-hydrogen) atoms. The Labute approximate surface area is 218 Å². The third kappa shape index (κ3) is 4.19. The molecule has 5 rings (SSSR count). The fourth-order valence-corrected chi connectivity index (χ4v) is 8.44. The molecule has 4 aliphatic carbocycles. The van der Waals surface area contributed by atoms with Gasteiger partial charge in [-0.25, -0.2) is 0 Å². The molecule has 1 heterocycles. The van der Waals surface area contributed by atoms with Gasteiger partial charge in [-0.15, -0.1) is 0 Å². The zero-order chi connectivity index (χ0) is 26.6. The van der Waals surface area contributed by atoms with Gasteiger partial charge in [0.15, 0.2) is 12.4 Å². The van der Waals surface area contributed by atoms with Crippen LogP contribution < -0.4 is 0 Å². The Morgan fingerprint density at radius 1 is 1.14 bits per heavy atom. The summed E-state index contributed by atoms with van der Waals surface area (Å²) < 4.78 is 5.32. The lowest BCUT2D eigenvalue weighted by Gasteiger charge is -2.60. The Morgan fingerprint density at radius 3 is 2.65 bits per heavy atom. The number of fused-ring (bicyclic) bond motifs is 5. The van der Waals surface area contributed by atoms with E-state index in [1.54, 1.807) is 12.1 Å². The van der Waals surface area contributed by atoms with Crippen molar-refractivity contribution in [3.8, 4) is 0 Å². The smallest absolute Gasteiger partial charge is 0.312 e. The van der Waals surface area contributed by atoms with Crippen molar-refractivity contribution in [1.82, 2.24) is 4.98 Å².